The van der Waals surface area contributed by atoms with Gasteiger partial charge in [0.1, 0.15) is 12.1 Å². The second-order valence-corrected chi connectivity index (χ2v) is 7.86. The Morgan fingerprint density at radius 3 is 2.41 bits per heavy atom. The molecule has 4 rings (SSSR count). The van der Waals surface area contributed by atoms with E-state index in [1.165, 1.54) is 17.7 Å². The van der Waals surface area contributed by atoms with E-state index < -0.39 is 5.54 Å². The molecule has 0 saturated heterocycles. The highest BCUT2D eigenvalue weighted by molar-refractivity contribution is 5.87. The molecule has 29 heavy (non-hydrogen) atoms. The lowest BCUT2D eigenvalue weighted by Crippen LogP contribution is -2.46. The fourth-order valence-corrected chi connectivity index (χ4v) is 4.12. The zero-order valence-corrected chi connectivity index (χ0v) is 16.7. The van der Waals surface area contributed by atoms with Gasteiger partial charge in [-0.15, -0.1) is 0 Å². The van der Waals surface area contributed by atoms with Crippen LogP contribution in [0.3, 0.4) is 0 Å². The zero-order valence-electron chi connectivity index (χ0n) is 16.7. The van der Waals surface area contributed by atoms with Gasteiger partial charge in [-0.1, -0.05) is 61.5 Å². The number of carbonyl (C=O) groups excluding carboxylic acids is 1. The van der Waals surface area contributed by atoms with Crippen LogP contribution in [0.25, 0.3) is 0 Å². The summed E-state index contributed by atoms with van der Waals surface area (Å²) in [6, 6.07) is 22.9. The van der Waals surface area contributed by atoms with Crippen molar-refractivity contribution in [3.8, 4) is 0 Å². The number of benzene rings is 3. The van der Waals surface area contributed by atoms with E-state index in [0.29, 0.717) is 13.1 Å². The molecule has 3 aromatic carbocycles. The quantitative estimate of drug-likeness (QED) is 0.565. The lowest BCUT2D eigenvalue weighted by atomic mass is 9.86. The second kappa shape index (κ2) is 7.70. The minimum absolute atomic E-state index is 0.0753. The lowest BCUT2D eigenvalue weighted by molar-refractivity contribution is -0.112. The molecule has 1 heterocycles. The Balaban J connectivity index is 1.70. The Bertz CT molecular complexity index is 1000. The highest BCUT2D eigenvalue weighted by atomic mass is 19.1. The van der Waals surface area contributed by atoms with Crippen molar-refractivity contribution in [1.82, 2.24) is 0 Å². The Morgan fingerprint density at radius 1 is 1.00 bits per heavy atom. The van der Waals surface area contributed by atoms with Crippen molar-refractivity contribution in [2.45, 2.75) is 38.4 Å². The lowest BCUT2D eigenvalue weighted by Gasteiger charge is -2.36. The van der Waals surface area contributed by atoms with Crippen molar-refractivity contribution in [2.24, 2.45) is 0 Å². The molecule has 0 saturated carbocycles. The van der Waals surface area contributed by atoms with Gasteiger partial charge in [-0.3, -0.25) is 0 Å². The number of nitrogens with one attached hydrogen (secondary N) is 1. The summed E-state index contributed by atoms with van der Waals surface area (Å²) < 4.78 is 13.2. The molecule has 2 unspecified atom stereocenters. The molecule has 4 heteroatoms. The first-order valence-electron chi connectivity index (χ1n) is 9.92. The number of nitrogens with zero attached hydrogens (tertiary/aromatic N) is 1. The predicted octanol–water partition coefficient (Wildman–Crippen LogP) is 5.52. The largest absolute Gasteiger partial charge is 0.379 e. The van der Waals surface area contributed by atoms with Crippen LogP contribution >= 0.6 is 0 Å². The van der Waals surface area contributed by atoms with Crippen LogP contribution < -0.4 is 10.2 Å². The summed E-state index contributed by atoms with van der Waals surface area (Å²) in [7, 11) is 0. The number of hydrogen-bond acceptors (Lipinski definition) is 3. The maximum Gasteiger partial charge on any atom is 0.145 e. The Kier molecular flexibility index (Phi) is 5.10. The van der Waals surface area contributed by atoms with Crippen LogP contribution in [-0.4, -0.2) is 11.8 Å². The number of rotatable bonds is 6. The van der Waals surface area contributed by atoms with E-state index in [1.54, 1.807) is 12.1 Å². The summed E-state index contributed by atoms with van der Waals surface area (Å²) in [5.74, 6) is -0.162. The van der Waals surface area contributed by atoms with Gasteiger partial charge in [0.15, 0.2) is 0 Å². The molecule has 0 spiro atoms. The molecule has 3 nitrogen and oxygen atoms in total. The van der Waals surface area contributed by atoms with Crippen molar-refractivity contribution >= 4 is 17.7 Å². The van der Waals surface area contributed by atoms with Gasteiger partial charge in [-0.05, 0) is 41.8 Å². The van der Waals surface area contributed by atoms with Gasteiger partial charge in [0.25, 0.3) is 0 Å². The predicted molar refractivity (Wildman–Crippen MR) is 116 cm³/mol. The van der Waals surface area contributed by atoms with Crippen LogP contribution in [0.5, 0.6) is 0 Å². The van der Waals surface area contributed by atoms with Crippen LogP contribution in [0.4, 0.5) is 15.8 Å². The molecule has 1 aliphatic rings. The van der Waals surface area contributed by atoms with Crippen molar-refractivity contribution in [3.63, 3.8) is 0 Å². The molecule has 0 radical (unpaired) electrons. The highest BCUT2D eigenvalue weighted by Crippen LogP contribution is 2.50. The maximum absolute atomic E-state index is 13.2. The van der Waals surface area contributed by atoms with E-state index in [0.717, 1.165) is 28.8 Å². The molecule has 3 aromatic rings. The van der Waals surface area contributed by atoms with Crippen LogP contribution in [0.1, 0.15) is 36.5 Å². The molecular formula is C25H25FN2O. The number of halogens is 1. The van der Waals surface area contributed by atoms with Crippen molar-refractivity contribution < 1.29 is 9.18 Å². The highest BCUT2D eigenvalue weighted by Gasteiger charge is 2.46. The van der Waals surface area contributed by atoms with E-state index in [4.69, 9.17) is 0 Å². The molecule has 0 amide bonds. The van der Waals surface area contributed by atoms with E-state index in [2.05, 4.69) is 35.3 Å². The summed E-state index contributed by atoms with van der Waals surface area (Å²) in [6.45, 7) is 5.37. The minimum Gasteiger partial charge on any atom is -0.379 e. The number of carbonyl (C=O) groups is 1. The fraction of sp³-hybridized carbons (Fsp3) is 0.240. The SMILES string of the molecule is CC1c2cccc(NCc3ccc(F)cc3)c2N(Cc2ccccc2)C1(C)C=O. The Hall–Kier alpha value is -3.14. The normalized spacial score (nSPS) is 20.4. The van der Waals surface area contributed by atoms with E-state index in [-0.39, 0.29) is 11.7 Å². The molecule has 0 bridgehead atoms. The third kappa shape index (κ3) is 3.51. The smallest absolute Gasteiger partial charge is 0.145 e. The van der Waals surface area contributed by atoms with Crippen molar-refractivity contribution in [1.29, 1.82) is 0 Å². The molecule has 2 atom stereocenters. The van der Waals surface area contributed by atoms with Gasteiger partial charge in [0, 0.05) is 19.0 Å². The first-order chi connectivity index (χ1) is 14.0. The molecular weight excluding hydrogens is 363 g/mol. The maximum atomic E-state index is 13.2. The molecule has 0 aliphatic carbocycles. The average molecular weight is 388 g/mol. The second-order valence-electron chi connectivity index (χ2n) is 7.86. The topological polar surface area (TPSA) is 32.3 Å². The molecule has 0 aromatic heterocycles. The summed E-state index contributed by atoms with van der Waals surface area (Å²) in [6.07, 6.45) is 1.07. The summed E-state index contributed by atoms with van der Waals surface area (Å²) in [5.41, 5.74) is 4.77. The Labute approximate surface area is 171 Å². The fourth-order valence-electron chi connectivity index (χ4n) is 4.12. The summed E-state index contributed by atoms with van der Waals surface area (Å²) in [5, 5.41) is 3.50. The van der Waals surface area contributed by atoms with Gasteiger partial charge < -0.3 is 15.0 Å². The van der Waals surface area contributed by atoms with Crippen molar-refractivity contribution in [2.75, 3.05) is 10.2 Å². The van der Waals surface area contributed by atoms with Gasteiger partial charge >= 0.3 is 0 Å². The number of aldehydes is 1. The third-order valence-electron chi connectivity index (χ3n) is 6.08. The first-order valence-corrected chi connectivity index (χ1v) is 9.92. The van der Waals surface area contributed by atoms with Crippen LogP contribution in [0.2, 0.25) is 0 Å². The number of hydrogen-bond donors (Lipinski definition) is 1. The molecule has 0 fully saturated rings. The third-order valence-corrected chi connectivity index (χ3v) is 6.08. The molecule has 148 valence electrons. The molecule has 1 aliphatic heterocycles. The van der Waals surface area contributed by atoms with Crippen LogP contribution in [-0.2, 0) is 17.9 Å². The standard InChI is InChI=1S/C25H25FN2O/c1-18-22-9-6-10-23(27-15-19-11-13-21(26)14-12-19)24(22)28(25(18,2)17-29)16-20-7-4-3-5-8-20/h3-14,17-18,27H,15-16H2,1-2H3. The van der Waals surface area contributed by atoms with Gasteiger partial charge in [-0.2, -0.15) is 0 Å². The van der Waals surface area contributed by atoms with Gasteiger partial charge in [0.05, 0.1) is 16.9 Å². The average Bonchev–Trinajstić information content (AvgIpc) is 2.97. The van der Waals surface area contributed by atoms with Gasteiger partial charge in [0.2, 0.25) is 0 Å². The number of fused-ring (bicyclic) bond motifs is 1. The van der Waals surface area contributed by atoms with Crippen LogP contribution in [0, 0.1) is 5.82 Å². The van der Waals surface area contributed by atoms with Crippen LogP contribution in [0.15, 0.2) is 72.8 Å². The van der Waals surface area contributed by atoms with E-state index >= 15 is 0 Å². The van der Waals surface area contributed by atoms with E-state index in [9.17, 15) is 9.18 Å². The first kappa shape index (κ1) is 19.2. The van der Waals surface area contributed by atoms with E-state index in [1.807, 2.05) is 37.3 Å². The zero-order chi connectivity index (χ0) is 20.4. The Morgan fingerprint density at radius 2 is 1.72 bits per heavy atom. The summed E-state index contributed by atoms with van der Waals surface area (Å²) >= 11 is 0. The van der Waals surface area contributed by atoms with Gasteiger partial charge in [-0.25, -0.2) is 4.39 Å². The minimum atomic E-state index is -0.619. The molecule has 1 N–H and O–H groups in total. The van der Waals surface area contributed by atoms with Crippen molar-refractivity contribution in [3.05, 3.63) is 95.3 Å². The number of para-hydroxylation sites is 1. The summed E-state index contributed by atoms with van der Waals surface area (Å²) in [4.78, 5) is 14.4. The number of anilines is 2. The monoisotopic (exact) mass is 388 g/mol.